The van der Waals surface area contributed by atoms with Gasteiger partial charge in [0.2, 0.25) is 0 Å². The van der Waals surface area contributed by atoms with Crippen LogP contribution in [0.15, 0.2) is 47.4 Å². The Balaban J connectivity index is 1.75. The van der Waals surface area contributed by atoms with Gasteiger partial charge in [-0.3, -0.25) is 9.52 Å². The van der Waals surface area contributed by atoms with Crippen molar-refractivity contribution in [1.82, 2.24) is 5.32 Å². The summed E-state index contributed by atoms with van der Waals surface area (Å²) in [6.07, 6.45) is 1.96. The molecular formula is C16H14ClFN2O3S. The van der Waals surface area contributed by atoms with E-state index in [1.165, 1.54) is 30.3 Å². The molecule has 126 valence electrons. The lowest BCUT2D eigenvalue weighted by molar-refractivity contribution is 0.0951. The topological polar surface area (TPSA) is 75.3 Å². The highest BCUT2D eigenvalue weighted by molar-refractivity contribution is 7.92. The molecule has 1 aliphatic rings. The molecule has 2 aromatic rings. The van der Waals surface area contributed by atoms with Gasteiger partial charge < -0.3 is 5.32 Å². The summed E-state index contributed by atoms with van der Waals surface area (Å²) in [7, 11) is -4.09. The summed E-state index contributed by atoms with van der Waals surface area (Å²) >= 11 is 5.62. The van der Waals surface area contributed by atoms with Gasteiger partial charge in [-0.25, -0.2) is 12.8 Å². The fraction of sp³-hybridized carbons (Fsp3) is 0.188. The summed E-state index contributed by atoms with van der Waals surface area (Å²) in [4.78, 5) is 11.4. The Labute approximate surface area is 143 Å². The first-order valence-corrected chi connectivity index (χ1v) is 9.10. The minimum Gasteiger partial charge on any atom is -0.349 e. The zero-order valence-corrected chi connectivity index (χ0v) is 14.0. The van der Waals surface area contributed by atoms with E-state index >= 15 is 0 Å². The van der Waals surface area contributed by atoms with Crippen molar-refractivity contribution in [3.8, 4) is 0 Å². The molecule has 0 aliphatic heterocycles. The summed E-state index contributed by atoms with van der Waals surface area (Å²) in [6.45, 7) is 0. The smallest absolute Gasteiger partial charge is 0.264 e. The van der Waals surface area contributed by atoms with Gasteiger partial charge in [-0.2, -0.15) is 0 Å². The summed E-state index contributed by atoms with van der Waals surface area (Å²) in [5, 5.41) is 2.95. The summed E-state index contributed by atoms with van der Waals surface area (Å²) in [6, 6.07) is 9.48. The second-order valence-corrected chi connectivity index (χ2v) is 7.59. The van der Waals surface area contributed by atoms with E-state index in [9.17, 15) is 17.6 Å². The monoisotopic (exact) mass is 368 g/mol. The van der Waals surface area contributed by atoms with Crippen LogP contribution in [-0.4, -0.2) is 20.4 Å². The lowest BCUT2D eigenvalue weighted by Crippen LogP contribution is -2.25. The molecule has 0 spiro atoms. The Morgan fingerprint density at radius 1 is 1.12 bits per heavy atom. The van der Waals surface area contributed by atoms with Crippen molar-refractivity contribution in [3.05, 3.63) is 58.9 Å². The van der Waals surface area contributed by atoms with Gasteiger partial charge in [0.25, 0.3) is 15.9 Å². The zero-order valence-electron chi connectivity index (χ0n) is 12.4. The van der Waals surface area contributed by atoms with E-state index in [-0.39, 0.29) is 22.7 Å². The van der Waals surface area contributed by atoms with Gasteiger partial charge in [0, 0.05) is 22.3 Å². The predicted molar refractivity (Wildman–Crippen MR) is 89.1 cm³/mol. The second-order valence-electron chi connectivity index (χ2n) is 5.51. The first-order chi connectivity index (χ1) is 11.3. The number of halogens is 2. The number of benzene rings is 2. The molecule has 5 nitrogen and oxygen atoms in total. The highest BCUT2D eigenvalue weighted by Gasteiger charge is 2.24. The zero-order chi connectivity index (χ0) is 17.3. The number of amides is 1. The Kier molecular flexibility index (Phi) is 4.47. The highest BCUT2D eigenvalue weighted by Crippen LogP contribution is 2.23. The number of anilines is 1. The molecule has 2 N–H and O–H groups in total. The van der Waals surface area contributed by atoms with Crippen LogP contribution < -0.4 is 10.0 Å². The molecule has 2 aromatic carbocycles. The van der Waals surface area contributed by atoms with Crippen molar-refractivity contribution in [3.63, 3.8) is 0 Å². The molecule has 1 aliphatic carbocycles. The van der Waals surface area contributed by atoms with E-state index in [1.54, 1.807) is 0 Å². The van der Waals surface area contributed by atoms with Crippen LogP contribution in [0, 0.1) is 5.82 Å². The Morgan fingerprint density at radius 3 is 2.38 bits per heavy atom. The fourth-order valence-corrected chi connectivity index (χ4v) is 3.37. The molecule has 0 unspecified atom stereocenters. The number of carbonyl (C=O) groups excluding carboxylic acids is 1. The molecule has 1 saturated carbocycles. The molecule has 0 radical (unpaired) electrons. The number of nitrogens with one attached hydrogen (secondary N) is 2. The van der Waals surface area contributed by atoms with Gasteiger partial charge in [0.1, 0.15) is 10.7 Å². The third-order valence-corrected chi connectivity index (χ3v) is 5.14. The average Bonchev–Trinajstić information content (AvgIpc) is 3.31. The molecule has 1 fully saturated rings. The third kappa shape index (κ3) is 3.85. The Bertz CT molecular complexity index is 881. The van der Waals surface area contributed by atoms with E-state index in [1.807, 2.05) is 0 Å². The van der Waals surface area contributed by atoms with E-state index in [2.05, 4.69) is 10.0 Å². The first-order valence-electron chi connectivity index (χ1n) is 7.24. The van der Waals surface area contributed by atoms with Crippen LogP contribution in [-0.2, 0) is 10.0 Å². The maximum absolute atomic E-state index is 13.8. The molecule has 0 heterocycles. The van der Waals surface area contributed by atoms with Crippen LogP contribution in [0.5, 0.6) is 0 Å². The summed E-state index contributed by atoms with van der Waals surface area (Å²) in [5.74, 6) is -1.13. The number of hydrogen-bond donors (Lipinski definition) is 2. The van der Waals surface area contributed by atoms with Crippen molar-refractivity contribution >= 4 is 33.2 Å². The van der Waals surface area contributed by atoms with Crippen LogP contribution in [0.3, 0.4) is 0 Å². The van der Waals surface area contributed by atoms with Crippen LogP contribution in [0.1, 0.15) is 23.2 Å². The molecule has 0 saturated heterocycles. The lowest BCUT2D eigenvalue weighted by Gasteiger charge is -2.10. The first kappa shape index (κ1) is 16.7. The molecule has 3 rings (SSSR count). The number of hydrogen-bond acceptors (Lipinski definition) is 3. The Morgan fingerprint density at radius 2 is 1.79 bits per heavy atom. The highest BCUT2D eigenvalue weighted by atomic mass is 35.5. The number of carbonyl (C=O) groups is 1. The van der Waals surface area contributed by atoms with Gasteiger partial charge in [-0.1, -0.05) is 11.6 Å². The SMILES string of the molecule is O=C(NC1CC1)c1ccc(NS(=O)(=O)c2ccc(Cl)cc2F)cc1. The van der Waals surface area contributed by atoms with Crippen LogP contribution in [0.4, 0.5) is 10.1 Å². The predicted octanol–water partition coefficient (Wildman–Crippen LogP) is 3.17. The van der Waals surface area contributed by atoms with Crippen molar-refractivity contribution in [2.75, 3.05) is 4.72 Å². The maximum atomic E-state index is 13.8. The molecule has 24 heavy (non-hydrogen) atoms. The maximum Gasteiger partial charge on any atom is 0.264 e. The minimum absolute atomic E-state index is 0.109. The average molecular weight is 369 g/mol. The van der Waals surface area contributed by atoms with Gasteiger partial charge in [0.05, 0.1) is 0 Å². The third-order valence-electron chi connectivity index (χ3n) is 3.50. The van der Waals surface area contributed by atoms with Crippen molar-refractivity contribution in [2.45, 2.75) is 23.8 Å². The molecule has 8 heteroatoms. The normalized spacial score (nSPS) is 14.2. The molecular weight excluding hydrogens is 355 g/mol. The Hall–Kier alpha value is -2.12. The van der Waals surface area contributed by atoms with Gasteiger partial charge in [-0.15, -0.1) is 0 Å². The van der Waals surface area contributed by atoms with Gasteiger partial charge in [0.15, 0.2) is 0 Å². The summed E-state index contributed by atoms with van der Waals surface area (Å²) < 4.78 is 40.5. The standard InChI is InChI=1S/C16H14ClFN2O3S/c17-11-3-8-15(14(18)9-11)24(22,23)20-13-4-1-10(2-5-13)16(21)19-12-6-7-12/h1-5,8-9,12,20H,6-7H2,(H,19,21). The van der Waals surface area contributed by atoms with E-state index in [0.29, 0.717) is 5.56 Å². The van der Waals surface area contributed by atoms with E-state index in [4.69, 9.17) is 11.6 Å². The van der Waals surface area contributed by atoms with Crippen LogP contribution >= 0.6 is 11.6 Å². The molecule has 0 aromatic heterocycles. The van der Waals surface area contributed by atoms with Crippen LogP contribution in [0.2, 0.25) is 5.02 Å². The fourth-order valence-electron chi connectivity index (χ4n) is 2.09. The summed E-state index contributed by atoms with van der Waals surface area (Å²) in [5.41, 5.74) is 0.662. The van der Waals surface area contributed by atoms with Crippen LogP contribution in [0.25, 0.3) is 0 Å². The van der Waals surface area contributed by atoms with Gasteiger partial charge in [-0.05, 0) is 55.3 Å². The number of rotatable bonds is 5. The molecule has 0 bridgehead atoms. The molecule has 0 atom stereocenters. The van der Waals surface area contributed by atoms with Crippen molar-refractivity contribution < 1.29 is 17.6 Å². The van der Waals surface area contributed by atoms with Gasteiger partial charge >= 0.3 is 0 Å². The molecule has 1 amide bonds. The van der Waals surface area contributed by atoms with E-state index in [0.717, 1.165) is 25.0 Å². The minimum atomic E-state index is -4.09. The second kappa shape index (κ2) is 6.41. The quantitative estimate of drug-likeness (QED) is 0.851. The van der Waals surface area contributed by atoms with E-state index < -0.39 is 20.7 Å². The largest absolute Gasteiger partial charge is 0.349 e. The van der Waals surface area contributed by atoms with Crippen molar-refractivity contribution in [2.24, 2.45) is 0 Å². The lowest BCUT2D eigenvalue weighted by atomic mass is 10.2. The number of sulfonamides is 1. The van der Waals surface area contributed by atoms with Crippen molar-refractivity contribution in [1.29, 1.82) is 0 Å².